The standard InChI is InChI=1S/C7H13NO2.ClH/c1-5(8)7(9)10-4-6-2-3-6;/h5-6H,2-4,8H2,1H3;1H. The SMILES string of the molecule is CC(N)C(=O)OCC1CC1.Cl. The first kappa shape index (κ1) is 10.7. The smallest absolute Gasteiger partial charge is 0.322 e. The van der Waals surface area contributed by atoms with Crippen LogP contribution in [0.5, 0.6) is 0 Å². The van der Waals surface area contributed by atoms with Gasteiger partial charge in [-0.15, -0.1) is 12.4 Å². The zero-order chi connectivity index (χ0) is 7.56. The molecule has 0 amide bonds. The Morgan fingerprint density at radius 1 is 1.73 bits per heavy atom. The Labute approximate surface area is 72.7 Å². The quantitative estimate of drug-likeness (QED) is 0.650. The van der Waals surface area contributed by atoms with E-state index in [2.05, 4.69) is 0 Å². The maximum atomic E-state index is 10.7. The number of rotatable bonds is 3. The number of halogens is 1. The molecule has 0 saturated heterocycles. The number of esters is 1. The van der Waals surface area contributed by atoms with Gasteiger partial charge in [0, 0.05) is 0 Å². The van der Waals surface area contributed by atoms with Crippen LogP contribution < -0.4 is 5.73 Å². The summed E-state index contributed by atoms with van der Waals surface area (Å²) in [6.45, 7) is 2.20. The maximum absolute atomic E-state index is 10.7. The average Bonchev–Trinajstić information content (AvgIpc) is 2.64. The first-order chi connectivity index (χ1) is 4.70. The van der Waals surface area contributed by atoms with Crippen molar-refractivity contribution < 1.29 is 9.53 Å². The van der Waals surface area contributed by atoms with Crippen molar-refractivity contribution in [3.63, 3.8) is 0 Å². The second kappa shape index (κ2) is 4.57. The molecule has 1 aliphatic rings. The Hall–Kier alpha value is -0.280. The molecule has 1 fully saturated rings. The van der Waals surface area contributed by atoms with E-state index in [-0.39, 0.29) is 18.4 Å². The van der Waals surface area contributed by atoms with Crippen LogP contribution in [0.2, 0.25) is 0 Å². The Bertz CT molecular complexity index is 134. The van der Waals surface area contributed by atoms with E-state index >= 15 is 0 Å². The van der Waals surface area contributed by atoms with Crippen molar-refractivity contribution in [3.8, 4) is 0 Å². The van der Waals surface area contributed by atoms with Gasteiger partial charge >= 0.3 is 5.97 Å². The molecule has 1 atom stereocenters. The summed E-state index contributed by atoms with van der Waals surface area (Å²) in [7, 11) is 0. The molecule has 0 aromatic rings. The molecule has 1 unspecified atom stereocenters. The molecule has 66 valence electrons. The maximum Gasteiger partial charge on any atom is 0.322 e. The molecule has 0 radical (unpaired) electrons. The molecule has 1 rings (SSSR count). The summed E-state index contributed by atoms with van der Waals surface area (Å²) in [5, 5.41) is 0. The fourth-order valence-electron chi connectivity index (χ4n) is 0.616. The van der Waals surface area contributed by atoms with Crippen LogP contribution in [0, 0.1) is 5.92 Å². The van der Waals surface area contributed by atoms with E-state index in [1.54, 1.807) is 6.92 Å². The Kier molecular flexibility index (Phi) is 4.45. The highest BCUT2D eigenvalue weighted by Crippen LogP contribution is 2.28. The lowest BCUT2D eigenvalue weighted by atomic mass is 10.4. The van der Waals surface area contributed by atoms with Crippen molar-refractivity contribution in [1.29, 1.82) is 0 Å². The van der Waals surface area contributed by atoms with Crippen LogP contribution in [0.3, 0.4) is 0 Å². The summed E-state index contributed by atoms with van der Waals surface area (Å²) < 4.78 is 4.86. The molecule has 0 aliphatic heterocycles. The van der Waals surface area contributed by atoms with E-state index in [1.165, 1.54) is 12.8 Å². The Morgan fingerprint density at radius 2 is 2.27 bits per heavy atom. The molecule has 0 aromatic heterocycles. The van der Waals surface area contributed by atoms with Crippen molar-refractivity contribution in [2.24, 2.45) is 11.7 Å². The Morgan fingerprint density at radius 3 is 2.64 bits per heavy atom. The van der Waals surface area contributed by atoms with Gasteiger partial charge < -0.3 is 10.5 Å². The number of hydrogen-bond donors (Lipinski definition) is 1. The summed E-state index contributed by atoms with van der Waals surface area (Å²) in [6, 6.07) is -0.473. The van der Waals surface area contributed by atoms with Crippen LogP contribution in [0.25, 0.3) is 0 Å². The molecule has 0 spiro atoms. The van der Waals surface area contributed by atoms with Gasteiger partial charge in [0.25, 0.3) is 0 Å². The van der Waals surface area contributed by atoms with Gasteiger partial charge in [-0.2, -0.15) is 0 Å². The molecule has 0 heterocycles. The number of ether oxygens (including phenoxy) is 1. The second-order valence-electron chi connectivity index (χ2n) is 2.86. The van der Waals surface area contributed by atoms with Crippen molar-refractivity contribution >= 4 is 18.4 Å². The van der Waals surface area contributed by atoms with Crippen LogP contribution >= 0.6 is 12.4 Å². The summed E-state index contributed by atoms with van der Waals surface area (Å²) in [6.07, 6.45) is 2.40. The third kappa shape index (κ3) is 4.22. The minimum atomic E-state index is -0.473. The van der Waals surface area contributed by atoms with Gasteiger partial charge in [0.2, 0.25) is 0 Å². The molecule has 2 N–H and O–H groups in total. The van der Waals surface area contributed by atoms with E-state index < -0.39 is 6.04 Å². The lowest BCUT2D eigenvalue weighted by Crippen LogP contribution is -2.29. The molecule has 0 aromatic carbocycles. The number of carbonyl (C=O) groups excluding carboxylic acids is 1. The molecule has 1 saturated carbocycles. The molecule has 4 heteroatoms. The summed E-state index contributed by atoms with van der Waals surface area (Å²) >= 11 is 0. The normalized spacial score (nSPS) is 18.4. The van der Waals surface area contributed by atoms with Gasteiger partial charge in [0.05, 0.1) is 6.61 Å². The fraction of sp³-hybridized carbons (Fsp3) is 0.857. The fourth-order valence-corrected chi connectivity index (χ4v) is 0.616. The summed E-state index contributed by atoms with van der Waals surface area (Å²) in [4.78, 5) is 10.7. The molecule has 3 nitrogen and oxygen atoms in total. The Balaban J connectivity index is 0.000001000. The van der Waals surface area contributed by atoms with Crippen molar-refractivity contribution in [2.45, 2.75) is 25.8 Å². The monoisotopic (exact) mass is 179 g/mol. The zero-order valence-electron chi connectivity index (χ0n) is 6.58. The van der Waals surface area contributed by atoms with Gasteiger partial charge in [-0.05, 0) is 25.7 Å². The minimum Gasteiger partial charge on any atom is -0.464 e. The largest absolute Gasteiger partial charge is 0.464 e. The molecule has 1 aliphatic carbocycles. The van der Waals surface area contributed by atoms with Crippen molar-refractivity contribution in [2.75, 3.05) is 6.61 Å². The van der Waals surface area contributed by atoms with E-state index in [0.717, 1.165) is 0 Å². The van der Waals surface area contributed by atoms with E-state index in [1.807, 2.05) is 0 Å². The van der Waals surface area contributed by atoms with Crippen LogP contribution in [0.4, 0.5) is 0 Å². The highest BCUT2D eigenvalue weighted by molar-refractivity contribution is 5.85. The van der Waals surface area contributed by atoms with Crippen molar-refractivity contribution in [1.82, 2.24) is 0 Å². The van der Waals surface area contributed by atoms with E-state index in [0.29, 0.717) is 12.5 Å². The third-order valence-corrected chi connectivity index (χ3v) is 1.53. The average molecular weight is 180 g/mol. The first-order valence-electron chi connectivity index (χ1n) is 3.62. The highest BCUT2D eigenvalue weighted by atomic mass is 35.5. The highest BCUT2D eigenvalue weighted by Gasteiger charge is 2.23. The predicted molar refractivity (Wildman–Crippen MR) is 44.6 cm³/mol. The topological polar surface area (TPSA) is 52.3 Å². The molecular formula is C7H14ClNO2. The van der Waals surface area contributed by atoms with Gasteiger partial charge in [-0.3, -0.25) is 4.79 Å². The van der Waals surface area contributed by atoms with Gasteiger partial charge in [-0.25, -0.2) is 0 Å². The molecule has 11 heavy (non-hydrogen) atoms. The van der Waals surface area contributed by atoms with Crippen LogP contribution in [0.15, 0.2) is 0 Å². The van der Waals surface area contributed by atoms with Gasteiger partial charge in [0.1, 0.15) is 6.04 Å². The van der Waals surface area contributed by atoms with Gasteiger partial charge in [0.15, 0.2) is 0 Å². The van der Waals surface area contributed by atoms with E-state index in [4.69, 9.17) is 10.5 Å². The summed E-state index contributed by atoms with van der Waals surface area (Å²) in [5.74, 6) is 0.342. The van der Waals surface area contributed by atoms with Crippen LogP contribution in [0.1, 0.15) is 19.8 Å². The second-order valence-corrected chi connectivity index (χ2v) is 2.86. The van der Waals surface area contributed by atoms with Gasteiger partial charge in [-0.1, -0.05) is 0 Å². The minimum absolute atomic E-state index is 0. The lowest BCUT2D eigenvalue weighted by Gasteiger charge is -2.04. The lowest BCUT2D eigenvalue weighted by molar-refractivity contribution is -0.145. The predicted octanol–water partition coefficient (Wildman–Crippen LogP) is 0.709. The summed E-state index contributed by atoms with van der Waals surface area (Å²) in [5.41, 5.74) is 5.27. The van der Waals surface area contributed by atoms with E-state index in [9.17, 15) is 4.79 Å². The molecule has 0 bridgehead atoms. The van der Waals surface area contributed by atoms with Crippen LogP contribution in [-0.2, 0) is 9.53 Å². The van der Waals surface area contributed by atoms with Crippen LogP contribution in [-0.4, -0.2) is 18.6 Å². The number of nitrogens with two attached hydrogens (primary N) is 1. The molecular weight excluding hydrogens is 166 g/mol. The first-order valence-corrected chi connectivity index (χ1v) is 3.62. The number of hydrogen-bond acceptors (Lipinski definition) is 3. The third-order valence-electron chi connectivity index (χ3n) is 1.53. The van der Waals surface area contributed by atoms with Crippen molar-refractivity contribution in [3.05, 3.63) is 0 Å². The zero-order valence-corrected chi connectivity index (χ0v) is 7.39. The number of carbonyl (C=O) groups is 1.